The maximum atomic E-state index is 11.9. The molecule has 8 heteroatoms. The summed E-state index contributed by atoms with van der Waals surface area (Å²) in [5.41, 5.74) is 4.49. The van der Waals surface area contributed by atoms with Gasteiger partial charge in [-0.05, 0) is 25.5 Å². The number of aryl methyl sites for hydroxylation is 1. The fraction of sp³-hybridized carbons (Fsp3) is 0.267. The zero-order chi connectivity index (χ0) is 16.8. The fourth-order valence-electron chi connectivity index (χ4n) is 1.86. The van der Waals surface area contributed by atoms with Crippen LogP contribution in [0.25, 0.3) is 0 Å². The lowest BCUT2D eigenvalue weighted by Crippen LogP contribution is -2.34. The number of H-pyrrole nitrogens is 2. The van der Waals surface area contributed by atoms with Crippen LogP contribution < -0.4 is 27.0 Å². The molecule has 8 nitrogen and oxygen atoms in total. The van der Waals surface area contributed by atoms with Crippen LogP contribution in [0.4, 0.5) is 5.69 Å². The molecule has 0 aliphatic rings. The topological polar surface area (TPSA) is 130 Å². The monoisotopic (exact) mass is 318 g/mol. The van der Waals surface area contributed by atoms with Gasteiger partial charge in [-0.2, -0.15) is 0 Å². The zero-order valence-electron chi connectivity index (χ0n) is 12.6. The van der Waals surface area contributed by atoms with E-state index in [1.807, 2.05) is 36.2 Å². The van der Waals surface area contributed by atoms with Gasteiger partial charge in [-0.15, -0.1) is 0 Å². The van der Waals surface area contributed by atoms with Gasteiger partial charge in [-0.1, -0.05) is 17.7 Å². The molecule has 0 saturated heterocycles. The Balaban J connectivity index is 1.80. The third kappa shape index (κ3) is 4.47. The summed E-state index contributed by atoms with van der Waals surface area (Å²) in [4.78, 5) is 38.5. The van der Waals surface area contributed by atoms with Crippen molar-refractivity contribution in [3.8, 4) is 5.75 Å². The van der Waals surface area contributed by atoms with Crippen molar-refractivity contribution >= 4 is 11.6 Å². The van der Waals surface area contributed by atoms with E-state index in [4.69, 9.17) is 10.5 Å². The van der Waals surface area contributed by atoms with E-state index in [2.05, 4.69) is 10.3 Å². The van der Waals surface area contributed by atoms with Crippen molar-refractivity contribution in [1.29, 1.82) is 0 Å². The normalized spacial score (nSPS) is 10.3. The van der Waals surface area contributed by atoms with E-state index in [0.29, 0.717) is 19.6 Å². The summed E-state index contributed by atoms with van der Waals surface area (Å²) in [6.45, 7) is 2.73. The number of aromatic amines is 2. The first-order valence-electron chi connectivity index (χ1n) is 7.07. The summed E-state index contributed by atoms with van der Waals surface area (Å²) < 4.78 is 5.52. The number of benzene rings is 1. The molecule has 122 valence electrons. The van der Waals surface area contributed by atoms with Crippen LogP contribution in [0.3, 0.4) is 0 Å². The Morgan fingerprint density at radius 1 is 1.22 bits per heavy atom. The number of aromatic nitrogens is 2. The van der Waals surface area contributed by atoms with Crippen molar-refractivity contribution in [2.24, 2.45) is 0 Å². The zero-order valence-corrected chi connectivity index (χ0v) is 12.6. The van der Waals surface area contributed by atoms with Crippen LogP contribution in [-0.2, 0) is 0 Å². The maximum absolute atomic E-state index is 11.9. The molecule has 5 N–H and O–H groups in total. The Hall–Kier alpha value is -3.03. The minimum Gasteiger partial charge on any atom is -0.494 e. The van der Waals surface area contributed by atoms with Crippen molar-refractivity contribution < 1.29 is 9.53 Å². The molecular weight excluding hydrogens is 300 g/mol. The molecule has 1 amide bonds. The fourth-order valence-corrected chi connectivity index (χ4v) is 1.86. The second-order valence-electron chi connectivity index (χ2n) is 4.97. The highest BCUT2D eigenvalue weighted by atomic mass is 16.5. The SMILES string of the molecule is Cc1ccc(OCCCNC(=O)c2[nH]c(=O)[nH]c(=O)c2N)cc1. The molecule has 1 heterocycles. The second kappa shape index (κ2) is 7.30. The first kappa shape index (κ1) is 16.3. The Kier molecular flexibility index (Phi) is 5.19. The molecule has 0 fully saturated rings. The van der Waals surface area contributed by atoms with E-state index in [-0.39, 0.29) is 11.4 Å². The number of anilines is 1. The lowest BCUT2D eigenvalue weighted by atomic mass is 10.2. The number of nitrogens with two attached hydrogens (primary N) is 1. The van der Waals surface area contributed by atoms with Gasteiger partial charge in [0.2, 0.25) is 0 Å². The van der Waals surface area contributed by atoms with Gasteiger partial charge in [0.1, 0.15) is 17.1 Å². The average Bonchev–Trinajstić information content (AvgIpc) is 2.52. The summed E-state index contributed by atoms with van der Waals surface area (Å²) in [6, 6.07) is 7.64. The molecule has 0 bridgehead atoms. The van der Waals surface area contributed by atoms with Crippen LogP contribution in [0, 0.1) is 6.92 Å². The molecule has 2 aromatic rings. The standard InChI is InChI=1S/C15H18N4O4/c1-9-3-5-10(6-4-9)23-8-2-7-17-14(21)12-11(16)13(20)19-15(22)18-12/h3-6H,2,7-8,16H2,1H3,(H,17,21)(H2,18,19,20,22). The van der Waals surface area contributed by atoms with Crippen molar-refractivity contribution in [3.05, 3.63) is 56.4 Å². The van der Waals surface area contributed by atoms with Crippen molar-refractivity contribution in [3.63, 3.8) is 0 Å². The summed E-state index contributed by atoms with van der Waals surface area (Å²) in [5.74, 6) is 0.145. The van der Waals surface area contributed by atoms with E-state index in [9.17, 15) is 14.4 Å². The van der Waals surface area contributed by atoms with E-state index in [0.717, 1.165) is 11.3 Å². The molecule has 23 heavy (non-hydrogen) atoms. The predicted molar refractivity (Wildman–Crippen MR) is 85.7 cm³/mol. The van der Waals surface area contributed by atoms with Crippen LogP contribution in [0.2, 0.25) is 0 Å². The minimum atomic E-state index is -0.790. The Morgan fingerprint density at radius 2 is 1.91 bits per heavy atom. The first-order chi connectivity index (χ1) is 11.0. The predicted octanol–water partition coefficient (Wildman–Crippen LogP) is 0.153. The van der Waals surface area contributed by atoms with Crippen LogP contribution in [0.5, 0.6) is 5.75 Å². The number of carbonyl (C=O) groups is 1. The van der Waals surface area contributed by atoms with Crippen molar-refractivity contribution in [2.45, 2.75) is 13.3 Å². The Labute approximate surface area is 131 Å². The van der Waals surface area contributed by atoms with Crippen molar-refractivity contribution in [1.82, 2.24) is 15.3 Å². The summed E-state index contributed by atoms with van der Waals surface area (Å²) >= 11 is 0. The van der Waals surface area contributed by atoms with E-state index < -0.39 is 17.2 Å². The average molecular weight is 318 g/mol. The molecule has 0 radical (unpaired) electrons. The van der Waals surface area contributed by atoms with Gasteiger partial charge in [0.15, 0.2) is 0 Å². The highest BCUT2D eigenvalue weighted by molar-refractivity contribution is 5.96. The first-order valence-corrected chi connectivity index (χ1v) is 7.07. The number of carbonyl (C=O) groups excluding carboxylic acids is 1. The van der Waals surface area contributed by atoms with Gasteiger partial charge in [-0.3, -0.25) is 14.6 Å². The Bertz CT molecular complexity index is 792. The highest BCUT2D eigenvalue weighted by Gasteiger charge is 2.13. The third-order valence-corrected chi connectivity index (χ3v) is 3.10. The van der Waals surface area contributed by atoms with Gasteiger partial charge in [0.25, 0.3) is 11.5 Å². The quantitative estimate of drug-likeness (QED) is 0.563. The summed E-state index contributed by atoms with van der Waals surface area (Å²) in [7, 11) is 0. The molecule has 1 aromatic heterocycles. The van der Waals surface area contributed by atoms with E-state index in [1.165, 1.54) is 0 Å². The number of nitrogens with one attached hydrogen (secondary N) is 3. The van der Waals surface area contributed by atoms with Gasteiger partial charge >= 0.3 is 5.69 Å². The highest BCUT2D eigenvalue weighted by Crippen LogP contribution is 2.11. The molecule has 0 spiro atoms. The van der Waals surface area contributed by atoms with Crippen LogP contribution in [0.1, 0.15) is 22.5 Å². The number of nitrogen functional groups attached to an aromatic ring is 1. The minimum absolute atomic E-state index is 0.238. The molecule has 0 unspecified atom stereocenters. The van der Waals surface area contributed by atoms with Crippen LogP contribution >= 0.6 is 0 Å². The largest absolute Gasteiger partial charge is 0.494 e. The van der Waals surface area contributed by atoms with Crippen molar-refractivity contribution in [2.75, 3.05) is 18.9 Å². The molecule has 0 atom stereocenters. The van der Waals surface area contributed by atoms with E-state index >= 15 is 0 Å². The second-order valence-corrected chi connectivity index (χ2v) is 4.97. The number of hydrogen-bond acceptors (Lipinski definition) is 5. The lowest BCUT2D eigenvalue weighted by Gasteiger charge is -2.08. The van der Waals surface area contributed by atoms with Gasteiger partial charge < -0.3 is 20.8 Å². The molecule has 0 aliphatic carbocycles. The summed E-state index contributed by atoms with van der Waals surface area (Å²) in [6.07, 6.45) is 0.562. The molecule has 0 aliphatic heterocycles. The summed E-state index contributed by atoms with van der Waals surface area (Å²) in [5, 5.41) is 2.57. The number of amides is 1. The molecule has 2 rings (SSSR count). The smallest absolute Gasteiger partial charge is 0.326 e. The lowest BCUT2D eigenvalue weighted by molar-refractivity contribution is 0.0947. The van der Waals surface area contributed by atoms with Gasteiger partial charge in [-0.25, -0.2) is 4.79 Å². The molecule has 0 saturated carbocycles. The van der Waals surface area contributed by atoms with Gasteiger partial charge in [0, 0.05) is 6.54 Å². The number of ether oxygens (including phenoxy) is 1. The van der Waals surface area contributed by atoms with Crippen LogP contribution in [0.15, 0.2) is 33.9 Å². The number of hydrogen-bond donors (Lipinski definition) is 4. The molecule has 1 aromatic carbocycles. The molecular formula is C15H18N4O4. The van der Waals surface area contributed by atoms with Gasteiger partial charge in [0.05, 0.1) is 6.61 Å². The Morgan fingerprint density at radius 3 is 2.61 bits per heavy atom. The van der Waals surface area contributed by atoms with Crippen LogP contribution in [-0.4, -0.2) is 29.0 Å². The third-order valence-electron chi connectivity index (χ3n) is 3.10. The maximum Gasteiger partial charge on any atom is 0.326 e. The van der Waals surface area contributed by atoms with E-state index in [1.54, 1.807) is 0 Å². The number of rotatable bonds is 6.